The molecular weight excluding hydrogens is 276 g/mol. The lowest BCUT2D eigenvalue weighted by Gasteiger charge is -2.35. The highest BCUT2D eigenvalue weighted by Gasteiger charge is 2.30. The highest BCUT2D eigenvalue weighted by Crippen LogP contribution is 2.28. The Morgan fingerprint density at radius 2 is 2.25 bits per heavy atom. The molecule has 20 heavy (non-hydrogen) atoms. The molecule has 0 aromatic carbocycles. The first-order valence-electron chi connectivity index (χ1n) is 6.67. The van der Waals surface area contributed by atoms with Crippen molar-refractivity contribution in [1.29, 1.82) is 0 Å². The van der Waals surface area contributed by atoms with Gasteiger partial charge in [0.2, 0.25) is 0 Å². The molecule has 0 aliphatic carbocycles. The van der Waals surface area contributed by atoms with Gasteiger partial charge in [0.25, 0.3) is 5.91 Å². The van der Waals surface area contributed by atoms with E-state index in [1.807, 2.05) is 32.8 Å². The van der Waals surface area contributed by atoms with E-state index in [0.717, 1.165) is 18.0 Å². The number of nitrogen functional groups attached to an aromatic ring is 1. The number of hydrogen-bond acceptors (Lipinski definition) is 6. The number of nitrogens with one attached hydrogen (secondary N) is 1. The van der Waals surface area contributed by atoms with Gasteiger partial charge in [-0.3, -0.25) is 4.79 Å². The summed E-state index contributed by atoms with van der Waals surface area (Å²) < 4.78 is 5.65. The Labute approximate surface area is 123 Å². The molecule has 1 aliphatic rings. The van der Waals surface area contributed by atoms with Gasteiger partial charge in [0.05, 0.1) is 5.60 Å². The van der Waals surface area contributed by atoms with Gasteiger partial charge >= 0.3 is 0 Å². The Bertz CT molecular complexity index is 499. The molecule has 1 amide bonds. The maximum atomic E-state index is 12.3. The lowest BCUT2D eigenvalue weighted by molar-refractivity contribution is -0.0615. The van der Waals surface area contributed by atoms with E-state index < -0.39 is 0 Å². The van der Waals surface area contributed by atoms with Crippen LogP contribution in [0.5, 0.6) is 0 Å². The van der Waals surface area contributed by atoms with Crippen LogP contribution in [0.25, 0.3) is 0 Å². The van der Waals surface area contributed by atoms with E-state index in [2.05, 4.69) is 10.3 Å². The van der Waals surface area contributed by atoms with E-state index >= 15 is 0 Å². The van der Waals surface area contributed by atoms with Crippen molar-refractivity contribution in [2.45, 2.75) is 38.3 Å². The van der Waals surface area contributed by atoms with Crippen molar-refractivity contribution >= 4 is 28.2 Å². The molecule has 1 atom stereocenters. The number of nitrogens with zero attached hydrogens (tertiary/aromatic N) is 2. The second-order valence-electron chi connectivity index (χ2n) is 5.88. The Hall–Kier alpha value is -1.34. The number of amides is 1. The second kappa shape index (κ2) is 5.57. The summed E-state index contributed by atoms with van der Waals surface area (Å²) in [5, 5.41) is 3.77. The smallest absolute Gasteiger partial charge is 0.265 e. The largest absolute Gasteiger partial charge is 0.382 e. The standard InChI is InChI=1S/C13H22N4O2S/c1-13(2)7-8(5-6-19-13)15-11(18)9-10(14)16-12(20-9)17(3)4/h8H,5-7,14H2,1-4H3,(H,15,18). The van der Waals surface area contributed by atoms with Crippen LogP contribution in [0.15, 0.2) is 0 Å². The van der Waals surface area contributed by atoms with Gasteiger partial charge in [-0.2, -0.15) is 0 Å². The number of rotatable bonds is 3. The van der Waals surface area contributed by atoms with E-state index in [4.69, 9.17) is 10.5 Å². The van der Waals surface area contributed by atoms with Gasteiger partial charge in [-0.1, -0.05) is 11.3 Å². The zero-order valence-electron chi connectivity index (χ0n) is 12.4. The Balaban J connectivity index is 2.05. The van der Waals surface area contributed by atoms with Crippen LogP contribution in [0.2, 0.25) is 0 Å². The average Bonchev–Trinajstić information content (AvgIpc) is 2.70. The molecule has 1 aliphatic heterocycles. The number of aromatic nitrogens is 1. The topological polar surface area (TPSA) is 80.5 Å². The SMILES string of the molecule is CN(C)c1nc(N)c(C(=O)NC2CCOC(C)(C)C2)s1. The molecule has 1 unspecified atom stereocenters. The molecule has 3 N–H and O–H groups in total. The van der Waals surface area contributed by atoms with E-state index in [1.165, 1.54) is 11.3 Å². The molecule has 7 heteroatoms. The molecule has 0 saturated carbocycles. The molecule has 1 saturated heterocycles. The zero-order valence-corrected chi connectivity index (χ0v) is 13.2. The maximum Gasteiger partial charge on any atom is 0.265 e. The number of nitrogens with two attached hydrogens (primary N) is 1. The summed E-state index contributed by atoms with van der Waals surface area (Å²) in [6.45, 7) is 4.74. The van der Waals surface area contributed by atoms with Gasteiger partial charge in [0.15, 0.2) is 5.13 Å². The fraction of sp³-hybridized carbons (Fsp3) is 0.692. The lowest BCUT2D eigenvalue weighted by Crippen LogP contribution is -2.45. The third-order valence-corrected chi connectivity index (χ3v) is 4.50. The van der Waals surface area contributed by atoms with Crippen LogP contribution < -0.4 is 16.0 Å². The number of hydrogen-bond donors (Lipinski definition) is 2. The van der Waals surface area contributed by atoms with Crippen molar-refractivity contribution in [3.63, 3.8) is 0 Å². The Morgan fingerprint density at radius 1 is 1.55 bits per heavy atom. The maximum absolute atomic E-state index is 12.3. The third kappa shape index (κ3) is 3.40. The molecule has 2 rings (SSSR count). The number of carbonyl (C=O) groups excluding carboxylic acids is 1. The van der Waals surface area contributed by atoms with Crippen LogP contribution in [0, 0.1) is 0 Å². The van der Waals surface area contributed by atoms with Crippen LogP contribution in [0.4, 0.5) is 10.9 Å². The summed E-state index contributed by atoms with van der Waals surface area (Å²) in [6.07, 6.45) is 1.63. The van der Waals surface area contributed by atoms with Crippen LogP contribution in [-0.2, 0) is 4.74 Å². The monoisotopic (exact) mass is 298 g/mol. The fourth-order valence-electron chi connectivity index (χ4n) is 2.28. The molecule has 0 radical (unpaired) electrons. The van der Waals surface area contributed by atoms with Crippen molar-refractivity contribution in [3.05, 3.63) is 4.88 Å². The molecule has 0 bridgehead atoms. The molecule has 6 nitrogen and oxygen atoms in total. The van der Waals surface area contributed by atoms with E-state index in [1.54, 1.807) is 0 Å². The molecule has 1 aromatic heterocycles. The first kappa shape index (κ1) is 15.1. The van der Waals surface area contributed by atoms with Gasteiger partial charge in [-0.25, -0.2) is 4.98 Å². The summed E-state index contributed by atoms with van der Waals surface area (Å²) in [5.74, 6) is 0.151. The quantitative estimate of drug-likeness (QED) is 0.883. The normalized spacial score (nSPS) is 21.5. The van der Waals surface area contributed by atoms with E-state index in [0.29, 0.717) is 17.3 Å². The van der Waals surface area contributed by atoms with Crippen LogP contribution in [0.3, 0.4) is 0 Å². The minimum atomic E-state index is -0.190. The van der Waals surface area contributed by atoms with Crippen LogP contribution in [0.1, 0.15) is 36.4 Å². The number of thiazole rings is 1. The van der Waals surface area contributed by atoms with Crippen molar-refractivity contribution in [2.24, 2.45) is 0 Å². The predicted octanol–water partition coefficient (Wildman–Crippen LogP) is 1.48. The van der Waals surface area contributed by atoms with Gasteiger partial charge in [0.1, 0.15) is 10.7 Å². The molecule has 112 valence electrons. The van der Waals surface area contributed by atoms with Crippen molar-refractivity contribution in [3.8, 4) is 0 Å². The number of anilines is 2. The predicted molar refractivity (Wildman–Crippen MR) is 81.4 cm³/mol. The summed E-state index contributed by atoms with van der Waals surface area (Å²) in [4.78, 5) is 18.8. The van der Waals surface area contributed by atoms with Gasteiger partial charge in [0, 0.05) is 26.7 Å². The van der Waals surface area contributed by atoms with Crippen LogP contribution >= 0.6 is 11.3 Å². The van der Waals surface area contributed by atoms with Gasteiger partial charge in [-0.15, -0.1) is 0 Å². The average molecular weight is 298 g/mol. The fourth-order valence-corrected chi connectivity index (χ4v) is 3.09. The summed E-state index contributed by atoms with van der Waals surface area (Å²) >= 11 is 1.31. The summed E-state index contributed by atoms with van der Waals surface area (Å²) in [6, 6.07) is 0.121. The second-order valence-corrected chi connectivity index (χ2v) is 6.85. The Kier molecular flexibility index (Phi) is 4.19. The third-order valence-electron chi connectivity index (χ3n) is 3.26. The minimum Gasteiger partial charge on any atom is -0.382 e. The summed E-state index contributed by atoms with van der Waals surface area (Å²) in [5.41, 5.74) is 5.64. The van der Waals surface area contributed by atoms with Gasteiger partial charge < -0.3 is 20.7 Å². The Morgan fingerprint density at radius 3 is 2.80 bits per heavy atom. The molecular formula is C13H22N4O2S. The van der Waals surface area contributed by atoms with Crippen molar-refractivity contribution < 1.29 is 9.53 Å². The number of ether oxygens (including phenoxy) is 1. The molecule has 1 aromatic rings. The molecule has 0 spiro atoms. The zero-order chi connectivity index (χ0) is 14.9. The van der Waals surface area contributed by atoms with Crippen molar-refractivity contribution in [1.82, 2.24) is 10.3 Å². The van der Waals surface area contributed by atoms with E-state index in [9.17, 15) is 4.79 Å². The first-order valence-corrected chi connectivity index (χ1v) is 7.48. The number of carbonyl (C=O) groups is 1. The highest BCUT2D eigenvalue weighted by molar-refractivity contribution is 7.18. The highest BCUT2D eigenvalue weighted by atomic mass is 32.1. The summed E-state index contributed by atoms with van der Waals surface area (Å²) in [7, 11) is 3.75. The first-order chi connectivity index (χ1) is 9.28. The molecule has 2 heterocycles. The van der Waals surface area contributed by atoms with Gasteiger partial charge in [-0.05, 0) is 26.7 Å². The lowest BCUT2D eigenvalue weighted by atomic mass is 9.94. The van der Waals surface area contributed by atoms with Crippen LogP contribution in [-0.4, -0.2) is 43.2 Å². The molecule has 1 fully saturated rings. The van der Waals surface area contributed by atoms with E-state index in [-0.39, 0.29) is 17.6 Å². The van der Waals surface area contributed by atoms with Crippen molar-refractivity contribution in [2.75, 3.05) is 31.3 Å². The minimum absolute atomic E-state index is 0.121.